The first-order valence-corrected chi connectivity index (χ1v) is 9.21. The lowest BCUT2D eigenvalue weighted by Gasteiger charge is -2.31. The van der Waals surface area contributed by atoms with Crippen LogP contribution < -0.4 is 11.1 Å². The fraction of sp³-hybridized carbons (Fsp3) is 0.600. The van der Waals surface area contributed by atoms with Crippen LogP contribution in [-0.4, -0.2) is 47.6 Å². The normalized spacial score (nSPS) is 14.7. The van der Waals surface area contributed by atoms with Crippen molar-refractivity contribution in [2.45, 2.75) is 52.4 Å². The van der Waals surface area contributed by atoms with Crippen LogP contribution in [0.15, 0.2) is 30.3 Å². The van der Waals surface area contributed by atoms with Crippen LogP contribution in [0.5, 0.6) is 0 Å². The van der Waals surface area contributed by atoms with Gasteiger partial charge in [0.05, 0.1) is 0 Å². The van der Waals surface area contributed by atoms with E-state index >= 15 is 0 Å². The number of carbonyl (C=O) groups excluding carboxylic acids is 2. The number of aliphatic hydroxyl groups excluding tert-OH is 1. The molecule has 1 aromatic rings. The summed E-state index contributed by atoms with van der Waals surface area (Å²) in [4.78, 5) is 26.2. The Bertz CT molecular complexity index is 561. The first-order valence-electron chi connectivity index (χ1n) is 9.21. The quantitative estimate of drug-likeness (QED) is 0.409. The van der Waals surface area contributed by atoms with Gasteiger partial charge in [0.25, 0.3) is 0 Å². The largest absolute Gasteiger partial charge is 0.376 e. The Hall–Kier alpha value is -1.76. The van der Waals surface area contributed by atoms with Gasteiger partial charge in [-0.3, -0.25) is 9.59 Å². The minimum absolute atomic E-state index is 0.176. The Labute approximate surface area is 156 Å². The van der Waals surface area contributed by atoms with Gasteiger partial charge < -0.3 is 21.1 Å². The minimum Gasteiger partial charge on any atom is -0.376 e. The number of hydrogen-bond donors (Lipinski definition) is 3. The number of rotatable bonds is 11. The highest BCUT2D eigenvalue weighted by Gasteiger charge is 2.34. The number of carbonyl (C=O) groups is 2. The van der Waals surface area contributed by atoms with E-state index < -0.39 is 12.3 Å². The van der Waals surface area contributed by atoms with Crippen molar-refractivity contribution in [3.63, 3.8) is 0 Å². The van der Waals surface area contributed by atoms with Gasteiger partial charge in [0.15, 0.2) is 5.78 Å². The molecule has 0 bridgehead atoms. The molecule has 3 atom stereocenters. The zero-order chi connectivity index (χ0) is 19.7. The maximum atomic E-state index is 12.7. The van der Waals surface area contributed by atoms with E-state index in [1.165, 1.54) is 17.5 Å². The van der Waals surface area contributed by atoms with E-state index in [1.807, 2.05) is 51.1 Å². The Morgan fingerprint density at radius 1 is 1.19 bits per heavy atom. The first-order chi connectivity index (χ1) is 12.2. The predicted octanol–water partition coefficient (Wildman–Crippen LogP) is 1.52. The van der Waals surface area contributed by atoms with Gasteiger partial charge in [-0.2, -0.15) is 0 Å². The van der Waals surface area contributed by atoms with Crippen molar-refractivity contribution in [2.75, 3.05) is 13.6 Å². The number of Topliss-reactive ketones (excluding diaryl/α,β-unsaturated/α-hetero) is 1. The molecule has 1 unspecified atom stereocenters. The topological polar surface area (TPSA) is 95.7 Å². The standard InChI is InChI=1S/C20H33N3O3/c1-14(2)12-17(24)23(4)18(20(21)26)19(25)15(3)10-11-22-13-16-8-6-5-7-9-16/h5-9,14-15,18,20,22,26H,10-13,21H2,1-4H3/t15-,18+,20?/m1/s1. The first kappa shape index (κ1) is 22.3. The molecule has 0 aliphatic carbocycles. The smallest absolute Gasteiger partial charge is 0.223 e. The predicted molar refractivity (Wildman–Crippen MR) is 103 cm³/mol. The second-order valence-corrected chi connectivity index (χ2v) is 7.29. The number of amides is 1. The van der Waals surface area contributed by atoms with Gasteiger partial charge in [-0.15, -0.1) is 0 Å². The molecule has 146 valence electrons. The van der Waals surface area contributed by atoms with Gasteiger partial charge >= 0.3 is 0 Å². The lowest BCUT2D eigenvalue weighted by Crippen LogP contribution is -2.54. The fourth-order valence-electron chi connectivity index (χ4n) is 2.82. The molecule has 0 radical (unpaired) electrons. The summed E-state index contributed by atoms with van der Waals surface area (Å²) in [6, 6.07) is 9.01. The van der Waals surface area contributed by atoms with Crippen molar-refractivity contribution in [2.24, 2.45) is 17.6 Å². The molecule has 0 aliphatic heterocycles. The summed E-state index contributed by atoms with van der Waals surface area (Å²) in [5, 5.41) is 13.2. The van der Waals surface area contributed by atoms with E-state index in [0.717, 1.165) is 6.54 Å². The Morgan fingerprint density at radius 3 is 2.35 bits per heavy atom. The van der Waals surface area contributed by atoms with Crippen molar-refractivity contribution in [1.29, 1.82) is 0 Å². The molecule has 0 aliphatic rings. The molecule has 4 N–H and O–H groups in total. The van der Waals surface area contributed by atoms with E-state index in [4.69, 9.17) is 5.73 Å². The van der Waals surface area contributed by atoms with E-state index in [2.05, 4.69) is 5.32 Å². The molecule has 1 aromatic carbocycles. The molecule has 0 saturated heterocycles. The molecule has 6 heteroatoms. The number of ketones is 1. The van der Waals surface area contributed by atoms with E-state index in [-0.39, 0.29) is 23.5 Å². The van der Waals surface area contributed by atoms with Crippen molar-refractivity contribution in [3.05, 3.63) is 35.9 Å². The van der Waals surface area contributed by atoms with Gasteiger partial charge in [-0.05, 0) is 24.4 Å². The van der Waals surface area contributed by atoms with Gasteiger partial charge in [-0.1, -0.05) is 51.1 Å². The van der Waals surface area contributed by atoms with Crippen LogP contribution in [0.4, 0.5) is 0 Å². The number of hydrogen-bond acceptors (Lipinski definition) is 5. The Balaban J connectivity index is 2.54. The lowest BCUT2D eigenvalue weighted by molar-refractivity contribution is -0.144. The van der Waals surface area contributed by atoms with E-state index in [0.29, 0.717) is 19.4 Å². The third-order valence-corrected chi connectivity index (χ3v) is 4.42. The average molecular weight is 364 g/mol. The van der Waals surface area contributed by atoms with Gasteiger partial charge in [0.1, 0.15) is 12.3 Å². The summed E-state index contributed by atoms with van der Waals surface area (Å²) >= 11 is 0. The third-order valence-electron chi connectivity index (χ3n) is 4.42. The molecule has 0 spiro atoms. The lowest BCUT2D eigenvalue weighted by atomic mass is 9.94. The summed E-state index contributed by atoms with van der Waals surface area (Å²) < 4.78 is 0. The molecule has 0 saturated carbocycles. The SMILES string of the molecule is CC(C)CC(=O)N(C)[C@@H](C(=O)[C@H](C)CCNCc1ccccc1)C(N)O. The van der Waals surface area contributed by atoms with Gasteiger partial charge in [0.2, 0.25) is 5.91 Å². The van der Waals surface area contributed by atoms with Crippen LogP contribution >= 0.6 is 0 Å². The van der Waals surface area contributed by atoms with Crippen LogP contribution in [0.1, 0.15) is 39.2 Å². The highest BCUT2D eigenvalue weighted by molar-refractivity contribution is 5.90. The summed E-state index contributed by atoms with van der Waals surface area (Å²) in [6.07, 6.45) is -0.454. The summed E-state index contributed by atoms with van der Waals surface area (Å²) in [5.41, 5.74) is 6.78. The highest BCUT2D eigenvalue weighted by atomic mass is 16.3. The van der Waals surface area contributed by atoms with Crippen LogP contribution in [0.2, 0.25) is 0 Å². The molecule has 0 aromatic heterocycles. The van der Waals surface area contributed by atoms with E-state index in [9.17, 15) is 14.7 Å². The number of nitrogens with two attached hydrogens (primary N) is 1. The number of nitrogens with one attached hydrogen (secondary N) is 1. The highest BCUT2D eigenvalue weighted by Crippen LogP contribution is 2.14. The summed E-state index contributed by atoms with van der Waals surface area (Å²) in [7, 11) is 1.53. The minimum atomic E-state index is -1.39. The van der Waals surface area contributed by atoms with Crippen LogP contribution in [0.25, 0.3) is 0 Å². The number of nitrogens with zero attached hydrogens (tertiary/aromatic N) is 1. The third kappa shape index (κ3) is 7.23. The molecular formula is C20H33N3O3. The zero-order valence-corrected chi connectivity index (χ0v) is 16.3. The number of benzene rings is 1. The van der Waals surface area contributed by atoms with Crippen molar-refractivity contribution in [1.82, 2.24) is 10.2 Å². The van der Waals surface area contributed by atoms with Gasteiger partial charge in [0, 0.05) is 25.9 Å². The number of aliphatic hydroxyl groups is 1. The van der Waals surface area contributed by atoms with Crippen LogP contribution in [0, 0.1) is 11.8 Å². The van der Waals surface area contributed by atoms with Crippen LogP contribution in [0.3, 0.4) is 0 Å². The zero-order valence-electron chi connectivity index (χ0n) is 16.3. The molecule has 0 fully saturated rings. The molecule has 26 heavy (non-hydrogen) atoms. The molecule has 0 heterocycles. The maximum absolute atomic E-state index is 12.7. The number of likely N-dealkylation sites (N-methyl/N-ethyl adjacent to an activating group) is 1. The van der Waals surface area contributed by atoms with Crippen molar-refractivity contribution in [3.8, 4) is 0 Å². The summed E-state index contributed by atoms with van der Waals surface area (Å²) in [5.74, 6) is -0.524. The second-order valence-electron chi connectivity index (χ2n) is 7.29. The monoisotopic (exact) mass is 363 g/mol. The van der Waals surface area contributed by atoms with Crippen LogP contribution in [-0.2, 0) is 16.1 Å². The molecule has 1 rings (SSSR count). The molecule has 1 amide bonds. The second kappa shape index (κ2) is 11.1. The average Bonchev–Trinajstić information content (AvgIpc) is 2.58. The van der Waals surface area contributed by atoms with E-state index in [1.54, 1.807) is 0 Å². The fourth-order valence-corrected chi connectivity index (χ4v) is 2.82. The maximum Gasteiger partial charge on any atom is 0.223 e. The molecule has 6 nitrogen and oxygen atoms in total. The van der Waals surface area contributed by atoms with Gasteiger partial charge in [-0.25, -0.2) is 0 Å². The van der Waals surface area contributed by atoms with Crippen molar-refractivity contribution >= 4 is 11.7 Å². The molecular weight excluding hydrogens is 330 g/mol. The Kier molecular flexibility index (Phi) is 9.48. The Morgan fingerprint density at radius 2 is 1.81 bits per heavy atom. The van der Waals surface area contributed by atoms with Crippen molar-refractivity contribution < 1.29 is 14.7 Å². The summed E-state index contributed by atoms with van der Waals surface area (Å²) in [6.45, 7) is 7.07.